The molecule has 0 atom stereocenters. The molecule has 2 rings (SSSR count). The van der Waals surface area contributed by atoms with Gasteiger partial charge >= 0.3 is 0 Å². The van der Waals surface area contributed by atoms with Gasteiger partial charge in [0, 0.05) is 26.6 Å². The number of methoxy groups -OCH3 is 2. The van der Waals surface area contributed by atoms with E-state index in [0.29, 0.717) is 17.2 Å². The molecule has 0 spiro atoms. The summed E-state index contributed by atoms with van der Waals surface area (Å²) in [5.41, 5.74) is 1.31. The van der Waals surface area contributed by atoms with Crippen LogP contribution in [0.1, 0.15) is 12.0 Å². The summed E-state index contributed by atoms with van der Waals surface area (Å²) in [4.78, 5) is 16.4. The van der Waals surface area contributed by atoms with Gasteiger partial charge in [0.15, 0.2) is 5.82 Å². The number of hydrogen-bond acceptors (Lipinski definition) is 6. The van der Waals surface area contributed by atoms with Crippen LogP contribution in [0, 0.1) is 0 Å². The fourth-order valence-electron chi connectivity index (χ4n) is 1.39. The van der Waals surface area contributed by atoms with Crippen LogP contribution in [0.3, 0.4) is 0 Å². The van der Waals surface area contributed by atoms with E-state index in [9.17, 15) is 0 Å². The van der Waals surface area contributed by atoms with Crippen molar-refractivity contribution < 1.29 is 9.47 Å². The molecule has 0 aliphatic heterocycles. The molecular weight excluding hydrogens is 220 g/mol. The highest BCUT2D eigenvalue weighted by Gasteiger charge is 2.12. The summed E-state index contributed by atoms with van der Waals surface area (Å²) in [6.45, 7) is 0. The van der Waals surface area contributed by atoms with Crippen LogP contribution < -0.4 is 0 Å². The Kier molecular flexibility index (Phi) is 3.69. The average molecular weight is 232 g/mol. The number of hydrogen-bond donors (Lipinski definition) is 0. The van der Waals surface area contributed by atoms with Crippen molar-refractivity contribution in [2.24, 2.45) is 0 Å². The standard InChI is InChI=1S/C11H12N4O2/c1-16-11(17-2)9-4-6-13-10(15-9)8-3-5-12-7-14-8/h3-7,11H,1-2H3. The third kappa shape index (κ3) is 2.61. The van der Waals surface area contributed by atoms with Gasteiger partial charge in [0.05, 0.1) is 0 Å². The lowest BCUT2D eigenvalue weighted by molar-refractivity contribution is -0.108. The van der Waals surface area contributed by atoms with Crippen molar-refractivity contribution >= 4 is 0 Å². The molecule has 0 aliphatic rings. The maximum absolute atomic E-state index is 5.13. The van der Waals surface area contributed by atoms with E-state index in [1.54, 1.807) is 38.7 Å². The molecule has 0 radical (unpaired) electrons. The Morgan fingerprint density at radius 2 is 1.88 bits per heavy atom. The molecule has 88 valence electrons. The van der Waals surface area contributed by atoms with E-state index in [1.165, 1.54) is 6.33 Å². The van der Waals surface area contributed by atoms with Crippen LogP contribution in [0.15, 0.2) is 30.9 Å². The minimum absolute atomic E-state index is 0.501. The second-order valence-electron chi connectivity index (χ2n) is 3.20. The smallest absolute Gasteiger partial charge is 0.200 e. The highest BCUT2D eigenvalue weighted by molar-refractivity contribution is 5.47. The van der Waals surface area contributed by atoms with Gasteiger partial charge in [-0.3, -0.25) is 0 Å². The zero-order valence-corrected chi connectivity index (χ0v) is 9.57. The van der Waals surface area contributed by atoms with Gasteiger partial charge in [0.1, 0.15) is 17.7 Å². The lowest BCUT2D eigenvalue weighted by Gasteiger charge is -2.12. The number of rotatable bonds is 4. The van der Waals surface area contributed by atoms with Gasteiger partial charge in [-0.25, -0.2) is 19.9 Å². The summed E-state index contributed by atoms with van der Waals surface area (Å²) in [5.74, 6) is 0.518. The van der Waals surface area contributed by atoms with Crippen LogP contribution >= 0.6 is 0 Å². The van der Waals surface area contributed by atoms with E-state index in [-0.39, 0.29) is 0 Å². The Balaban J connectivity index is 2.35. The van der Waals surface area contributed by atoms with Gasteiger partial charge in [0.2, 0.25) is 6.29 Å². The molecule has 2 heterocycles. The molecule has 2 aromatic rings. The number of nitrogens with zero attached hydrogens (tertiary/aromatic N) is 4. The van der Waals surface area contributed by atoms with Crippen molar-refractivity contribution in [3.8, 4) is 11.5 Å². The van der Waals surface area contributed by atoms with E-state index in [1.807, 2.05) is 0 Å². The molecular formula is C11H12N4O2. The van der Waals surface area contributed by atoms with Crippen molar-refractivity contribution in [1.82, 2.24) is 19.9 Å². The maximum atomic E-state index is 5.13. The largest absolute Gasteiger partial charge is 0.350 e. The highest BCUT2D eigenvalue weighted by atomic mass is 16.7. The SMILES string of the molecule is COC(OC)c1ccnc(-c2ccncn2)n1. The Labute approximate surface area is 98.7 Å². The molecule has 0 unspecified atom stereocenters. The van der Waals surface area contributed by atoms with Crippen LogP contribution in [0.4, 0.5) is 0 Å². The van der Waals surface area contributed by atoms with Gasteiger partial charge in [-0.05, 0) is 12.1 Å². The Bertz CT molecular complexity index is 474. The molecule has 6 nitrogen and oxygen atoms in total. The quantitative estimate of drug-likeness (QED) is 0.738. The molecule has 0 saturated heterocycles. The Hall–Kier alpha value is -1.92. The van der Waals surface area contributed by atoms with E-state index < -0.39 is 6.29 Å². The summed E-state index contributed by atoms with van der Waals surface area (Å²) in [6, 6.07) is 3.48. The van der Waals surface area contributed by atoms with Crippen LogP contribution in [0.5, 0.6) is 0 Å². The van der Waals surface area contributed by atoms with Gasteiger partial charge in [-0.2, -0.15) is 0 Å². The monoisotopic (exact) mass is 232 g/mol. The molecule has 0 saturated carbocycles. The first-order chi connectivity index (χ1) is 8.35. The normalized spacial score (nSPS) is 10.8. The van der Waals surface area contributed by atoms with Crippen LogP contribution in [0.2, 0.25) is 0 Å². The molecule has 0 fully saturated rings. The molecule has 0 aliphatic carbocycles. The van der Waals surface area contributed by atoms with Crippen molar-refractivity contribution in [3.05, 3.63) is 36.5 Å². The second-order valence-corrected chi connectivity index (χ2v) is 3.20. The zero-order valence-electron chi connectivity index (χ0n) is 9.57. The molecule has 2 aromatic heterocycles. The van der Waals surface area contributed by atoms with Gasteiger partial charge < -0.3 is 9.47 Å². The molecule has 0 aromatic carbocycles. The van der Waals surface area contributed by atoms with Crippen LogP contribution in [-0.4, -0.2) is 34.2 Å². The first kappa shape index (κ1) is 11.6. The van der Waals surface area contributed by atoms with Crippen molar-refractivity contribution in [2.45, 2.75) is 6.29 Å². The second kappa shape index (κ2) is 5.42. The van der Waals surface area contributed by atoms with E-state index in [2.05, 4.69) is 19.9 Å². The Morgan fingerprint density at radius 3 is 2.53 bits per heavy atom. The number of aromatic nitrogens is 4. The van der Waals surface area contributed by atoms with Crippen LogP contribution in [-0.2, 0) is 9.47 Å². The van der Waals surface area contributed by atoms with Crippen LogP contribution in [0.25, 0.3) is 11.5 Å². The summed E-state index contributed by atoms with van der Waals surface area (Å²) in [7, 11) is 3.11. The van der Waals surface area contributed by atoms with E-state index in [0.717, 1.165) is 0 Å². The van der Waals surface area contributed by atoms with Gasteiger partial charge in [-0.15, -0.1) is 0 Å². The maximum Gasteiger partial charge on any atom is 0.200 e. The first-order valence-electron chi connectivity index (χ1n) is 5.00. The molecule has 17 heavy (non-hydrogen) atoms. The molecule has 0 amide bonds. The summed E-state index contributed by atoms with van der Waals surface area (Å²) < 4.78 is 10.3. The minimum atomic E-state index is -0.501. The van der Waals surface area contributed by atoms with E-state index in [4.69, 9.17) is 9.47 Å². The van der Waals surface area contributed by atoms with Gasteiger partial charge in [0.25, 0.3) is 0 Å². The topological polar surface area (TPSA) is 70.0 Å². The third-order valence-corrected chi connectivity index (χ3v) is 2.16. The molecule has 6 heteroatoms. The summed E-state index contributed by atoms with van der Waals surface area (Å²) in [6.07, 6.45) is 4.24. The van der Waals surface area contributed by atoms with Crippen molar-refractivity contribution in [1.29, 1.82) is 0 Å². The minimum Gasteiger partial charge on any atom is -0.350 e. The predicted molar refractivity (Wildman–Crippen MR) is 59.8 cm³/mol. The van der Waals surface area contributed by atoms with E-state index >= 15 is 0 Å². The average Bonchev–Trinajstić information content (AvgIpc) is 2.42. The lowest BCUT2D eigenvalue weighted by Crippen LogP contribution is -2.07. The fourth-order valence-corrected chi connectivity index (χ4v) is 1.39. The summed E-state index contributed by atoms with van der Waals surface area (Å²) in [5, 5.41) is 0. The lowest BCUT2D eigenvalue weighted by atomic mass is 10.3. The zero-order chi connectivity index (χ0) is 12.1. The first-order valence-corrected chi connectivity index (χ1v) is 5.00. The predicted octanol–water partition coefficient (Wildman–Crippen LogP) is 1.22. The van der Waals surface area contributed by atoms with Crippen molar-refractivity contribution in [3.63, 3.8) is 0 Å². The molecule has 0 N–H and O–H groups in total. The Morgan fingerprint density at radius 1 is 1.06 bits per heavy atom. The third-order valence-electron chi connectivity index (χ3n) is 2.16. The molecule has 0 bridgehead atoms. The highest BCUT2D eigenvalue weighted by Crippen LogP contribution is 2.17. The van der Waals surface area contributed by atoms with Gasteiger partial charge in [-0.1, -0.05) is 0 Å². The van der Waals surface area contributed by atoms with Crippen molar-refractivity contribution in [2.75, 3.05) is 14.2 Å². The summed E-state index contributed by atoms with van der Waals surface area (Å²) >= 11 is 0. The number of ether oxygens (including phenoxy) is 2. The fraction of sp³-hybridized carbons (Fsp3) is 0.273.